The van der Waals surface area contributed by atoms with E-state index in [1.54, 1.807) is 10.9 Å². The van der Waals surface area contributed by atoms with Crippen LogP contribution in [0.2, 0.25) is 0 Å². The van der Waals surface area contributed by atoms with Crippen LogP contribution < -0.4 is 5.32 Å². The molecule has 0 spiro atoms. The van der Waals surface area contributed by atoms with Gasteiger partial charge in [0.1, 0.15) is 5.82 Å². The van der Waals surface area contributed by atoms with Crippen molar-refractivity contribution in [1.82, 2.24) is 25.0 Å². The molecule has 0 bridgehead atoms. The first-order valence-corrected chi connectivity index (χ1v) is 7.38. The lowest BCUT2D eigenvalue weighted by molar-refractivity contribution is -0.116. The third kappa shape index (κ3) is 3.63. The molecule has 0 aliphatic rings. The van der Waals surface area contributed by atoms with Crippen molar-refractivity contribution in [2.75, 3.05) is 5.32 Å². The van der Waals surface area contributed by atoms with E-state index in [1.165, 1.54) is 0 Å². The molecule has 0 aliphatic heterocycles. The van der Waals surface area contributed by atoms with Crippen molar-refractivity contribution in [3.8, 4) is 11.4 Å². The summed E-state index contributed by atoms with van der Waals surface area (Å²) in [6.07, 6.45) is 2.81. The van der Waals surface area contributed by atoms with Crippen molar-refractivity contribution < 1.29 is 4.79 Å². The van der Waals surface area contributed by atoms with Crippen LogP contribution in [0, 0.1) is 6.92 Å². The lowest BCUT2D eigenvalue weighted by Gasteiger charge is -2.06. The molecule has 0 radical (unpaired) electrons. The average molecular weight is 310 g/mol. The molecule has 2 aromatic heterocycles. The second-order valence-corrected chi connectivity index (χ2v) is 5.32. The highest BCUT2D eigenvalue weighted by Crippen LogP contribution is 2.18. The van der Waals surface area contributed by atoms with Gasteiger partial charge < -0.3 is 5.32 Å². The number of hydrogen-bond acceptors (Lipinski definition) is 4. The number of H-pyrrole nitrogens is 1. The SMILES string of the molecule is Cc1nc(-c2ccc(NC(=O)CCc3ccnn3C)cc2)n[nH]1. The summed E-state index contributed by atoms with van der Waals surface area (Å²) in [5.41, 5.74) is 2.70. The molecule has 0 atom stereocenters. The highest BCUT2D eigenvalue weighted by Gasteiger charge is 2.07. The molecule has 2 heterocycles. The molecule has 0 unspecified atom stereocenters. The van der Waals surface area contributed by atoms with Gasteiger partial charge in [0, 0.05) is 36.6 Å². The van der Waals surface area contributed by atoms with E-state index in [0.29, 0.717) is 18.7 Å². The molecule has 7 heteroatoms. The number of benzene rings is 1. The summed E-state index contributed by atoms with van der Waals surface area (Å²) >= 11 is 0. The zero-order valence-corrected chi connectivity index (χ0v) is 13.1. The van der Waals surface area contributed by atoms with Gasteiger partial charge in [-0.25, -0.2) is 4.98 Å². The van der Waals surface area contributed by atoms with Gasteiger partial charge in [-0.2, -0.15) is 10.2 Å². The van der Waals surface area contributed by atoms with E-state index in [9.17, 15) is 4.79 Å². The zero-order chi connectivity index (χ0) is 16.2. The number of aryl methyl sites for hydroxylation is 3. The molecule has 0 saturated heterocycles. The van der Waals surface area contributed by atoms with Crippen LogP contribution in [0.3, 0.4) is 0 Å². The lowest BCUT2D eigenvalue weighted by atomic mass is 10.2. The van der Waals surface area contributed by atoms with Gasteiger partial charge in [-0.1, -0.05) is 0 Å². The number of hydrogen-bond donors (Lipinski definition) is 2. The van der Waals surface area contributed by atoms with Crippen LogP contribution in [0.25, 0.3) is 11.4 Å². The summed E-state index contributed by atoms with van der Waals surface area (Å²) in [5, 5.41) is 13.9. The summed E-state index contributed by atoms with van der Waals surface area (Å²) in [7, 11) is 1.87. The monoisotopic (exact) mass is 310 g/mol. The first-order chi connectivity index (χ1) is 11.1. The number of carbonyl (C=O) groups is 1. The Hall–Kier alpha value is -2.96. The van der Waals surface area contributed by atoms with Gasteiger partial charge >= 0.3 is 0 Å². The van der Waals surface area contributed by atoms with E-state index >= 15 is 0 Å². The predicted octanol–water partition coefficient (Wildman–Crippen LogP) is 2.08. The smallest absolute Gasteiger partial charge is 0.224 e. The summed E-state index contributed by atoms with van der Waals surface area (Å²) in [5.74, 6) is 1.40. The lowest BCUT2D eigenvalue weighted by Crippen LogP contribution is -2.13. The molecule has 1 aromatic carbocycles. The molecule has 7 nitrogen and oxygen atoms in total. The molecular formula is C16H18N6O. The average Bonchev–Trinajstić information content (AvgIpc) is 3.15. The summed E-state index contributed by atoms with van der Waals surface area (Å²) in [6, 6.07) is 9.39. The number of nitrogens with zero attached hydrogens (tertiary/aromatic N) is 4. The topological polar surface area (TPSA) is 88.5 Å². The molecule has 0 fully saturated rings. The van der Waals surface area contributed by atoms with E-state index in [-0.39, 0.29) is 5.91 Å². The van der Waals surface area contributed by atoms with Crippen molar-refractivity contribution in [3.05, 3.63) is 48.0 Å². The molecule has 3 aromatic rings. The molecule has 3 rings (SSSR count). The number of aromatic amines is 1. The minimum Gasteiger partial charge on any atom is -0.326 e. The molecule has 1 amide bonds. The number of rotatable bonds is 5. The van der Waals surface area contributed by atoms with Gasteiger partial charge in [-0.05, 0) is 43.7 Å². The van der Waals surface area contributed by atoms with Crippen LogP contribution in [0.15, 0.2) is 36.5 Å². The van der Waals surface area contributed by atoms with E-state index in [4.69, 9.17) is 0 Å². The minimum absolute atomic E-state index is 0.0207. The Balaban J connectivity index is 1.57. The van der Waals surface area contributed by atoms with Gasteiger partial charge in [0.2, 0.25) is 5.91 Å². The van der Waals surface area contributed by atoms with Crippen molar-refractivity contribution in [2.24, 2.45) is 7.05 Å². The van der Waals surface area contributed by atoms with Crippen LogP contribution in [-0.4, -0.2) is 30.9 Å². The van der Waals surface area contributed by atoms with Crippen molar-refractivity contribution in [1.29, 1.82) is 0 Å². The second kappa shape index (κ2) is 6.43. The maximum atomic E-state index is 12.0. The zero-order valence-electron chi connectivity index (χ0n) is 13.1. The Morgan fingerprint density at radius 1 is 1.26 bits per heavy atom. The fourth-order valence-electron chi connectivity index (χ4n) is 2.29. The first-order valence-electron chi connectivity index (χ1n) is 7.38. The van der Waals surface area contributed by atoms with E-state index in [0.717, 1.165) is 22.8 Å². The van der Waals surface area contributed by atoms with Gasteiger partial charge in [0.25, 0.3) is 0 Å². The van der Waals surface area contributed by atoms with Crippen LogP contribution in [0.4, 0.5) is 5.69 Å². The third-order valence-corrected chi connectivity index (χ3v) is 3.55. The second-order valence-electron chi connectivity index (χ2n) is 5.32. The van der Waals surface area contributed by atoms with Crippen LogP contribution in [0.5, 0.6) is 0 Å². The van der Waals surface area contributed by atoms with E-state index in [2.05, 4.69) is 25.6 Å². The Morgan fingerprint density at radius 3 is 2.65 bits per heavy atom. The van der Waals surface area contributed by atoms with E-state index < -0.39 is 0 Å². The summed E-state index contributed by atoms with van der Waals surface area (Å²) in [6.45, 7) is 1.85. The van der Waals surface area contributed by atoms with Crippen molar-refractivity contribution >= 4 is 11.6 Å². The maximum Gasteiger partial charge on any atom is 0.224 e. The van der Waals surface area contributed by atoms with Crippen molar-refractivity contribution in [2.45, 2.75) is 19.8 Å². The van der Waals surface area contributed by atoms with E-state index in [1.807, 2.05) is 44.3 Å². The number of anilines is 1. The standard InChI is InChI=1S/C16H18N6O/c1-11-18-16(21-20-11)12-3-5-13(6-4-12)19-15(23)8-7-14-9-10-17-22(14)2/h3-6,9-10H,7-8H2,1-2H3,(H,19,23)(H,18,20,21). The Labute approximate surface area is 133 Å². The molecule has 23 heavy (non-hydrogen) atoms. The Kier molecular flexibility index (Phi) is 4.18. The van der Waals surface area contributed by atoms with Gasteiger partial charge in [-0.3, -0.25) is 14.6 Å². The van der Waals surface area contributed by atoms with Crippen LogP contribution >= 0.6 is 0 Å². The number of aromatic nitrogens is 5. The van der Waals surface area contributed by atoms with Gasteiger partial charge in [-0.15, -0.1) is 0 Å². The molecule has 0 aliphatic carbocycles. The summed E-state index contributed by atoms with van der Waals surface area (Å²) < 4.78 is 1.78. The predicted molar refractivity (Wildman–Crippen MR) is 86.7 cm³/mol. The molecule has 0 saturated carbocycles. The highest BCUT2D eigenvalue weighted by atomic mass is 16.1. The normalized spacial score (nSPS) is 10.7. The van der Waals surface area contributed by atoms with Crippen molar-refractivity contribution in [3.63, 3.8) is 0 Å². The third-order valence-electron chi connectivity index (χ3n) is 3.55. The first kappa shape index (κ1) is 15.0. The van der Waals surface area contributed by atoms with Crippen LogP contribution in [0.1, 0.15) is 17.9 Å². The fraction of sp³-hybridized carbons (Fsp3) is 0.250. The highest BCUT2D eigenvalue weighted by molar-refractivity contribution is 5.91. The Bertz CT molecular complexity index is 802. The number of nitrogens with one attached hydrogen (secondary N) is 2. The quantitative estimate of drug-likeness (QED) is 0.755. The van der Waals surface area contributed by atoms with Gasteiger partial charge in [0.15, 0.2) is 5.82 Å². The largest absolute Gasteiger partial charge is 0.326 e. The van der Waals surface area contributed by atoms with Crippen LogP contribution in [-0.2, 0) is 18.3 Å². The minimum atomic E-state index is -0.0207. The number of carbonyl (C=O) groups excluding carboxylic acids is 1. The Morgan fingerprint density at radius 2 is 2.04 bits per heavy atom. The van der Waals surface area contributed by atoms with Gasteiger partial charge in [0.05, 0.1) is 0 Å². The molecule has 118 valence electrons. The number of amides is 1. The fourth-order valence-corrected chi connectivity index (χ4v) is 2.29. The molecular weight excluding hydrogens is 292 g/mol. The molecule has 2 N–H and O–H groups in total. The summed E-state index contributed by atoms with van der Waals surface area (Å²) in [4.78, 5) is 16.3. The maximum absolute atomic E-state index is 12.0.